The van der Waals surface area contributed by atoms with Crippen LogP contribution in [0.2, 0.25) is 0 Å². The van der Waals surface area contributed by atoms with Gasteiger partial charge in [0.2, 0.25) is 5.91 Å². The maximum absolute atomic E-state index is 11.8. The van der Waals surface area contributed by atoms with E-state index in [0.717, 1.165) is 16.9 Å². The number of benzene rings is 2. The van der Waals surface area contributed by atoms with Gasteiger partial charge in [-0.3, -0.25) is 14.9 Å². The maximum atomic E-state index is 11.8. The number of hydrogen-bond acceptors (Lipinski definition) is 5. The summed E-state index contributed by atoms with van der Waals surface area (Å²) in [5, 5.41) is 13.4. The second kappa shape index (κ2) is 10.6. The summed E-state index contributed by atoms with van der Waals surface area (Å²) < 4.78 is 5.76. The molecule has 0 spiro atoms. The van der Waals surface area contributed by atoms with Crippen LogP contribution < -0.4 is 5.32 Å². The summed E-state index contributed by atoms with van der Waals surface area (Å²) in [7, 11) is 0. The minimum atomic E-state index is -0.443. The third kappa shape index (κ3) is 6.85. The molecule has 1 atom stereocenters. The molecular weight excluding hydrogens is 352 g/mol. The molecule has 0 saturated heterocycles. The molecule has 0 radical (unpaired) electrons. The number of hydrogen-bond donors (Lipinski definition) is 1. The molecule has 0 bridgehead atoms. The number of nitro groups is 1. The maximum Gasteiger partial charge on any atom is 0.269 e. The summed E-state index contributed by atoms with van der Waals surface area (Å²) in [6.07, 6.45) is 0.773. The average molecular weight is 374 g/mol. The number of nitrogens with one attached hydrogen (secondary N) is 1. The van der Waals surface area contributed by atoms with E-state index < -0.39 is 4.92 Å². The van der Waals surface area contributed by atoms with Gasteiger partial charge in [0.05, 0.1) is 16.8 Å². The largest absolute Gasteiger partial charge is 0.374 e. The van der Waals surface area contributed by atoms with Crippen LogP contribution in [0.1, 0.15) is 25.0 Å². The average Bonchev–Trinajstić information content (AvgIpc) is 2.67. The number of amides is 1. The Morgan fingerprint density at radius 2 is 1.88 bits per heavy atom. The topological polar surface area (TPSA) is 81.5 Å². The Labute approximate surface area is 157 Å². The van der Waals surface area contributed by atoms with Crippen molar-refractivity contribution in [2.75, 3.05) is 18.9 Å². The molecule has 7 heteroatoms. The molecule has 0 fully saturated rings. The number of rotatable bonds is 10. The Morgan fingerprint density at radius 1 is 1.19 bits per heavy atom. The highest BCUT2D eigenvalue weighted by atomic mass is 32.2. The fourth-order valence-corrected chi connectivity index (χ4v) is 2.97. The Morgan fingerprint density at radius 3 is 2.54 bits per heavy atom. The van der Waals surface area contributed by atoms with E-state index in [4.69, 9.17) is 4.74 Å². The van der Waals surface area contributed by atoms with Crippen molar-refractivity contribution in [1.29, 1.82) is 0 Å². The number of nitro benzene ring substituents is 1. The molecule has 0 aliphatic rings. The zero-order chi connectivity index (χ0) is 18.8. The number of carbonyl (C=O) groups excluding carboxylic acids is 1. The zero-order valence-corrected chi connectivity index (χ0v) is 15.4. The van der Waals surface area contributed by atoms with Gasteiger partial charge >= 0.3 is 0 Å². The third-order valence-electron chi connectivity index (χ3n) is 3.70. The van der Waals surface area contributed by atoms with Gasteiger partial charge in [0.1, 0.15) is 0 Å². The van der Waals surface area contributed by atoms with Crippen molar-refractivity contribution in [2.24, 2.45) is 0 Å². The molecule has 1 unspecified atom stereocenters. The summed E-state index contributed by atoms with van der Waals surface area (Å²) in [6.45, 7) is 3.14. The second-order valence-corrected chi connectivity index (χ2v) is 6.72. The van der Waals surface area contributed by atoms with Gasteiger partial charge in [0.15, 0.2) is 0 Å². The Hall–Kier alpha value is -2.38. The fourth-order valence-electron chi connectivity index (χ4n) is 2.24. The smallest absolute Gasteiger partial charge is 0.269 e. The second-order valence-electron chi connectivity index (χ2n) is 5.67. The van der Waals surface area contributed by atoms with Crippen LogP contribution in [-0.4, -0.2) is 29.7 Å². The normalized spacial score (nSPS) is 11.7. The number of ether oxygens (including phenoxy) is 1. The molecular formula is C19H22N2O4S. The molecule has 2 rings (SSSR count). The van der Waals surface area contributed by atoms with Crippen molar-refractivity contribution in [3.63, 3.8) is 0 Å². The van der Waals surface area contributed by atoms with Crippen LogP contribution >= 0.6 is 11.8 Å². The van der Waals surface area contributed by atoms with Gasteiger partial charge in [-0.2, -0.15) is 0 Å². The molecule has 2 aromatic rings. The summed E-state index contributed by atoms with van der Waals surface area (Å²) in [5.74, 6) is 0.212. The quantitative estimate of drug-likeness (QED) is 0.294. The summed E-state index contributed by atoms with van der Waals surface area (Å²) >= 11 is 1.35. The minimum Gasteiger partial charge on any atom is -0.374 e. The molecule has 138 valence electrons. The van der Waals surface area contributed by atoms with Gasteiger partial charge in [-0.25, -0.2) is 0 Å². The molecule has 1 N–H and O–H groups in total. The van der Waals surface area contributed by atoms with E-state index in [1.54, 1.807) is 12.1 Å². The van der Waals surface area contributed by atoms with Crippen molar-refractivity contribution in [3.05, 3.63) is 70.3 Å². The first-order valence-corrected chi connectivity index (χ1v) is 9.35. The van der Waals surface area contributed by atoms with E-state index >= 15 is 0 Å². The predicted octanol–water partition coefficient (Wildman–Crippen LogP) is 3.97. The lowest BCUT2D eigenvalue weighted by atomic mass is 10.1. The van der Waals surface area contributed by atoms with E-state index in [-0.39, 0.29) is 23.5 Å². The summed E-state index contributed by atoms with van der Waals surface area (Å²) in [6, 6.07) is 16.2. The van der Waals surface area contributed by atoms with Gasteiger partial charge in [-0.05, 0) is 31.0 Å². The highest BCUT2D eigenvalue weighted by molar-refractivity contribution is 8.00. The van der Waals surface area contributed by atoms with E-state index in [2.05, 4.69) is 5.32 Å². The van der Waals surface area contributed by atoms with E-state index in [1.807, 2.05) is 37.3 Å². The molecule has 2 aromatic carbocycles. The van der Waals surface area contributed by atoms with Crippen LogP contribution in [0.25, 0.3) is 0 Å². The highest BCUT2D eigenvalue weighted by Crippen LogP contribution is 2.21. The first kappa shape index (κ1) is 19.9. The first-order chi connectivity index (χ1) is 12.6. The number of thioether (sulfide) groups is 1. The SMILES string of the molecule is CC(OCCCNC(=O)CSc1ccc([N+](=O)[O-])cc1)c1ccccc1. The molecule has 26 heavy (non-hydrogen) atoms. The molecule has 6 nitrogen and oxygen atoms in total. The summed E-state index contributed by atoms with van der Waals surface area (Å²) in [5.41, 5.74) is 1.18. The van der Waals surface area contributed by atoms with E-state index in [9.17, 15) is 14.9 Å². The van der Waals surface area contributed by atoms with Crippen molar-refractivity contribution in [1.82, 2.24) is 5.32 Å². The van der Waals surface area contributed by atoms with Gasteiger partial charge in [0.25, 0.3) is 5.69 Å². The Balaban J connectivity index is 1.58. The van der Waals surface area contributed by atoms with Crippen molar-refractivity contribution in [2.45, 2.75) is 24.3 Å². The van der Waals surface area contributed by atoms with Crippen LogP contribution in [0.3, 0.4) is 0 Å². The lowest BCUT2D eigenvalue weighted by Crippen LogP contribution is -2.27. The zero-order valence-electron chi connectivity index (χ0n) is 14.6. The minimum absolute atomic E-state index is 0.0320. The number of non-ortho nitro benzene ring substituents is 1. The lowest BCUT2D eigenvalue weighted by molar-refractivity contribution is -0.384. The van der Waals surface area contributed by atoms with Crippen LogP contribution in [-0.2, 0) is 9.53 Å². The van der Waals surface area contributed by atoms with Crippen LogP contribution in [0.5, 0.6) is 0 Å². The fraction of sp³-hybridized carbons (Fsp3) is 0.316. The summed E-state index contributed by atoms with van der Waals surface area (Å²) in [4.78, 5) is 22.8. The van der Waals surface area contributed by atoms with E-state index in [1.165, 1.54) is 23.9 Å². The van der Waals surface area contributed by atoms with Crippen LogP contribution in [0.4, 0.5) is 5.69 Å². The van der Waals surface area contributed by atoms with Crippen LogP contribution in [0.15, 0.2) is 59.5 Å². The van der Waals surface area contributed by atoms with Gasteiger partial charge in [-0.1, -0.05) is 30.3 Å². The highest BCUT2D eigenvalue weighted by Gasteiger charge is 2.07. The Bertz CT molecular complexity index is 707. The van der Waals surface area contributed by atoms with Crippen molar-refractivity contribution < 1.29 is 14.5 Å². The molecule has 0 aliphatic carbocycles. The molecule has 0 saturated carbocycles. The van der Waals surface area contributed by atoms with E-state index in [0.29, 0.717) is 13.2 Å². The molecule has 0 heterocycles. The third-order valence-corrected chi connectivity index (χ3v) is 4.71. The van der Waals surface area contributed by atoms with Gasteiger partial charge in [-0.15, -0.1) is 11.8 Å². The lowest BCUT2D eigenvalue weighted by Gasteiger charge is -2.13. The first-order valence-electron chi connectivity index (χ1n) is 8.37. The van der Waals surface area contributed by atoms with Crippen molar-refractivity contribution >= 4 is 23.4 Å². The van der Waals surface area contributed by atoms with Gasteiger partial charge < -0.3 is 10.1 Å². The van der Waals surface area contributed by atoms with Crippen molar-refractivity contribution in [3.8, 4) is 0 Å². The molecule has 1 amide bonds. The van der Waals surface area contributed by atoms with Crippen LogP contribution in [0, 0.1) is 10.1 Å². The monoisotopic (exact) mass is 374 g/mol. The standard InChI is InChI=1S/C19H22N2O4S/c1-15(16-6-3-2-4-7-16)25-13-5-12-20-19(22)14-26-18-10-8-17(9-11-18)21(23)24/h2-4,6-11,15H,5,12-14H2,1H3,(H,20,22). The predicted molar refractivity (Wildman–Crippen MR) is 102 cm³/mol. The van der Waals surface area contributed by atoms with Gasteiger partial charge in [0, 0.05) is 30.2 Å². The number of nitrogens with zero attached hydrogens (tertiary/aromatic N) is 1. The number of carbonyl (C=O) groups is 1. The Kier molecular flexibility index (Phi) is 8.11. The molecule has 0 aliphatic heterocycles. The molecule has 0 aromatic heterocycles.